The Balaban J connectivity index is 2.16. The number of carbonyl (C=O) groups excluding carboxylic acids is 1. The lowest BCUT2D eigenvalue weighted by Gasteiger charge is -2.10. The topological polar surface area (TPSA) is 64.3 Å². The highest BCUT2D eigenvalue weighted by molar-refractivity contribution is 6.00. The number of nitrogen functional groups attached to an aromatic ring is 1. The van der Waals surface area contributed by atoms with E-state index in [1.54, 1.807) is 18.2 Å². The van der Waals surface area contributed by atoms with Gasteiger partial charge in [-0.15, -0.1) is 0 Å². The van der Waals surface area contributed by atoms with Gasteiger partial charge in [0.15, 0.2) is 0 Å². The first-order chi connectivity index (χ1) is 7.63. The standard InChI is InChI=1S/C12H16N2O2/c1-7-6-9(7)14-12(15)8-4-3-5-10(16-2)11(8)13/h3-5,7,9H,6,13H2,1-2H3,(H,14,15). The summed E-state index contributed by atoms with van der Waals surface area (Å²) in [6, 6.07) is 5.52. The van der Waals surface area contributed by atoms with E-state index in [2.05, 4.69) is 12.2 Å². The van der Waals surface area contributed by atoms with Crippen LogP contribution in [0.1, 0.15) is 23.7 Å². The van der Waals surface area contributed by atoms with Gasteiger partial charge < -0.3 is 15.8 Å². The summed E-state index contributed by atoms with van der Waals surface area (Å²) in [5, 5.41) is 2.94. The number of ether oxygens (including phenoxy) is 1. The van der Waals surface area contributed by atoms with Gasteiger partial charge in [-0.3, -0.25) is 4.79 Å². The van der Waals surface area contributed by atoms with Crippen molar-refractivity contribution in [1.29, 1.82) is 0 Å². The van der Waals surface area contributed by atoms with Crippen LogP contribution in [0.15, 0.2) is 18.2 Å². The van der Waals surface area contributed by atoms with E-state index in [0.29, 0.717) is 29.0 Å². The van der Waals surface area contributed by atoms with E-state index in [4.69, 9.17) is 10.5 Å². The first kappa shape index (κ1) is 10.8. The van der Waals surface area contributed by atoms with Crippen LogP contribution in [0.5, 0.6) is 5.75 Å². The van der Waals surface area contributed by atoms with Crippen molar-refractivity contribution < 1.29 is 9.53 Å². The summed E-state index contributed by atoms with van der Waals surface area (Å²) in [5.74, 6) is 0.998. The van der Waals surface area contributed by atoms with Crippen molar-refractivity contribution in [1.82, 2.24) is 5.32 Å². The molecule has 0 heterocycles. The molecule has 16 heavy (non-hydrogen) atoms. The van der Waals surface area contributed by atoms with Gasteiger partial charge in [-0.1, -0.05) is 13.0 Å². The number of rotatable bonds is 3. The molecule has 0 saturated heterocycles. The van der Waals surface area contributed by atoms with E-state index in [1.807, 2.05) is 0 Å². The normalized spacial score (nSPS) is 22.6. The molecule has 4 nitrogen and oxygen atoms in total. The van der Waals surface area contributed by atoms with E-state index in [9.17, 15) is 4.79 Å². The van der Waals surface area contributed by atoms with Crippen LogP contribution < -0.4 is 15.8 Å². The number of nitrogens with two attached hydrogens (primary N) is 1. The highest BCUT2D eigenvalue weighted by Gasteiger charge is 2.34. The van der Waals surface area contributed by atoms with Gasteiger partial charge in [0, 0.05) is 6.04 Å². The zero-order chi connectivity index (χ0) is 11.7. The van der Waals surface area contributed by atoms with Crippen LogP contribution in [0.25, 0.3) is 0 Å². The molecule has 2 atom stereocenters. The van der Waals surface area contributed by atoms with E-state index in [0.717, 1.165) is 6.42 Å². The van der Waals surface area contributed by atoms with Crippen LogP contribution in [0, 0.1) is 5.92 Å². The lowest BCUT2D eigenvalue weighted by atomic mass is 10.1. The van der Waals surface area contributed by atoms with Gasteiger partial charge in [-0.2, -0.15) is 0 Å². The predicted molar refractivity (Wildman–Crippen MR) is 62.4 cm³/mol. The predicted octanol–water partition coefficient (Wildman–Crippen LogP) is 1.42. The Morgan fingerprint density at radius 2 is 2.25 bits per heavy atom. The van der Waals surface area contributed by atoms with Crippen LogP contribution in [0.2, 0.25) is 0 Å². The molecule has 1 aromatic carbocycles. The molecule has 0 aliphatic heterocycles. The van der Waals surface area contributed by atoms with Crippen molar-refractivity contribution in [3.8, 4) is 5.75 Å². The number of methoxy groups -OCH3 is 1. The summed E-state index contributed by atoms with van der Waals surface area (Å²) in [4.78, 5) is 11.9. The fraction of sp³-hybridized carbons (Fsp3) is 0.417. The van der Waals surface area contributed by atoms with Crippen molar-refractivity contribution in [2.24, 2.45) is 5.92 Å². The number of carbonyl (C=O) groups is 1. The Morgan fingerprint density at radius 3 is 2.81 bits per heavy atom. The molecule has 0 spiro atoms. The third-order valence-corrected chi connectivity index (χ3v) is 2.96. The molecule has 2 unspecified atom stereocenters. The fourth-order valence-electron chi connectivity index (χ4n) is 1.69. The first-order valence-electron chi connectivity index (χ1n) is 5.37. The number of benzene rings is 1. The Kier molecular flexibility index (Phi) is 2.73. The highest BCUT2D eigenvalue weighted by Crippen LogP contribution is 2.30. The first-order valence-corrected chi connectivity index (χ1v) is 5.37. The average molecular weight is 220 g/mol. The van der Waals surface area contributed by atoms with Gasteiger partial charge in [0.05, 0.1) is 18.4 Å². The quantitative estimate of drug-likeness (QED) is 0.757. The molecule has 0 aromatic heterocycles. The molecule has 1 saturated carbocycles. The second-order valence-electron chi connectivity index (χ2n) is 4.21. The van der Waals surface area contributed by atoms with Crippen molar-refractivity contribution in [3.63, 3.8) is 0 Å². The van der Waals surface area contributed by atoms with Crippen molar-refractivity contribution in [3.05, 3.63) is 23.8 Å². The molecule has 0 radical (unpaired) electrons. The Hall–Kier alpha value is -1.71. The molecule has 1 amide bonds. The second-order valence-corrected chi connectivity index (χ2v) is 4.21. The van der Waals surface area contributed by atoms with E-state index >= 15 is 0 Å². The summed E-state index contributed by atoms with van der Waals surface area (Å²) < 4.78 is 5.07. The maximum atomic E-state index is 11.9. The van der Waals surface area contributed by atoms with E-state index in [1.165, 1.54) is 7.11 Å². The Bertz CT molecular complexity index is 417. The van der Waals surface area contributed by atoms with Crippen LogP contribution in [-0.4, -0.2) is 19.1 Å². The average Bonchev–Trinajstić information content (AvgIpc) is 2.94. The molecule has 1 aromatic rings. The summed E-state index contributed by atoms with van der Waals surface area (Å²) in [7, 11) is 1.54. The third-order valence-electron chi connectivity index (χ3n) is 2.96. The number of hydrogen-bond acceptors (Lipinski definition) is 3. The summed E-state index contributed by atoms with van der Waals surface area (Å²) in [5.41, 5.74) is 6.72. The molecular weight excluding hydrogens is 204 g/mol. The minimum Gasteiger partial charge on any atom is -0.495 e. The van der Waals surface area contributed by atoms with Crippen LogP contribution in [0.4, 0.5) is 5.69 Å². The molecule has 3 N–H and O–H groups in total. The minimum atomic E-state index is -0.120. The van der Waals surface area contributed by atoms with Crippen molar-refractivity contribution in [2.45, 2.75) is 19.4 Å². The van der Waals surface area contributed by atoms with Crippen molar-refractivity contribution >= 4 is 11.6 Å². The zero-order valence-corrected chi connectivity index (χ0v) is 9.49. The van der Waals surface area contributed by atoms with E-state index < -0.39 is 0 Å². The van der Waals surface area contributed by atoms with Crippen LogP contribution in [-0.2, 0) is 0 Å². The molecule has 86 valence electrons. The number of anilines is 1. The number of hydrogen-bond donors (Lipinski definition) is 2. The highest BCUT2D eigenvalue weighted by atomic mass is 16.5. The third kappa shape index (κ3) is 1.96. The monoisotopic (exact) mass is 220 g/mol. The van der Waals surface area contributed by atoms with Gasteiger partial charge >= 0.3 is 0 Å². The maximum Gasteiger partial charge on any atom is 0.253 e. The van der Waals surface area contributed by atoms with Gasteiger partial charge in [0.2, 0.25) is 0 Å². The molecule has 4 heteroatoms. The molecule has 2 rings (SSSR count). The molecule has 1 aliphatic carbocycles. The molecule has 1 aliphatic rings. The van der Waals surface area contributed by atoms with Crippen LogP contribution in [0.3, 0.4) is 0 Å². The number of amides is 1. The van der Waals surface area contributed by atoms with Gasteiger partial charge in [-0.25, -0.2) is 0 Å². The van der Waals surface area contributed by atoms with Crippen molar-refractivity contribution in [2.75, 3.05) is 12.8 Å². The van der Waals surface area contributed by atoms with Gasteiger partial charge in [-0.05, 0) is 24.5 Å². The largest absolute Gasteiger partial charge is 0.495 e. The smallest absolute Gasteiger partial charge is 0.253 e. The number of nitrogens with one attached hydrogen (secondary N) is 1. The summed E-state index contributed by atoms with van der Waals surface area (Å²) in [6.07, 6.45) is 1.05. The Labute approximate surface area is 94.8 Å². The zero-order valence-electron chi connectivity index (χ0n) is 9.49. The molecule has 0 bridgehead atoms. The molecular formula is C12H16N2O2. The maximum absolute atomic E-state index is 11.9. The molecule has 1 fully saturated rings. The minimum absolute atomic E-state index is 0.120. The SMILES string of the molecule is COc1cccc(C(=O)NC2CC2C)c1N. The lowest BCUT2D eigenvalue weighted by molar-refractivity contribution is 0.0950. The Morgan fingerprint density at radius 1 is 1.56 bits per heavy atom. The van der Waals surface area contributed by atoms with Gasteiger partial charge in [0.1, 0.15) is 5.75 Å². The summed E-state index contributed by atoms with van der Waals surface area (Å²) in [6.45, 7) is 2.11. The summed E-state index contributed by atoms with van der Waals surface area (Å²) >= 11 is 0. The fourth-order valence-corrected chi connectivity index (χ4v) is 1.69. The second kappa shape index (κ2) is 4.04. The van der Waals surface area contributed by atoms with E-state index in [-0.39, 0.29) is 5.91 Å². The van der Waals surface area contributed by atoms with Gasteiger partial charge in [0.25, 0.3) is 5.91 Å². The number of para-hydroxylation sites is 1. The van der Waals surface area contributed by atoms with Crippen LogP contribution >= 0.6 is 0 Å². The lowest BCUT2D eigenvalue weighted by Crippen LogP contribution is -2.27.